The summed E-state index contributed by atoms with van der Waals surface area (Å²) >= 11 is 1.72. The molecule has 2 aliphatic rings. The number of benzene rings is 1. The molecule has 1 atom stereocenters. The fourth-order valence-electron chi connectivity index (χ4n) is 3.13. The quantitative estimate of drug-likeness (QED) is 0.892. The van der Waals surface area contributed by atoms with E-state index in [-0.39, 0.29) is 12.1 Å². The number of nitrogens with zero attached hydrogens (tertiary/aromatic N) is 1. The second kappa shape index (κ2) is 5.83. The molecule has 0 unspecified atom stereocenters. The Kier molecular flexibility index (Phi) is 3.67. The minimum Gasteiger partial charge on any atom is -0.353 e. The summed E-state index contributed by atoms with van der Waals surface area (Å²) in [4.78, 5) is 16.1. The van der Waals surface area contributed by atoms with Gasteiger partial charge in [0.1, 0.15) is 11.2 Å². The standard InChI is InChI=1S/C18H19N3OS/c1-21-10-9-13-14(11-21)23-18-16(13)17(22)19-15(20-18)8-7-12-5-3-2-4-6-12/h2-8,15,20H,9-11H2,1H3,(H,19,22)/b8-7+/t15-/m1/s1. The molecule has 0 fully saturated rings. The van der Waals surface area contributed by atoms with Gasteiger partial charge in [0, 0.05) is 18.0 Å². The highest BCUT2D eigenvalue weighted by Gasteiger charge is 2.31. The molecule has 0 radical (unpaired) electrons. The summed E-state index contributed by atoms with van der Waals surface area (Å²) in [5.41, 5.74) is 3.22. The second-order valence-corrected chi connectivity index (χ2v) is 7.17. The number of likely N-dealkylation sites (N-methyl/N-ethyl adjacent to an activating group) is 1. The summed E-state index contributed by atoms with van der Waals surface area (Å²) in [5, 5.41) is 7.51. The smallest absolute Gasteiger partial charge is 0.256 e. The van der Waals surface area contributed by atoms with E-state index in [4.69, 9.17) is 0 Å². The molecule has 4 rings (SSSR count). The number of carbonyl (C=O) groups is 1. The number of anilines is 1. The number of carbonyl (C=O) groups excluding carboxylic acids is 1. The fourth-order valence-corrected chi connectivity index (χ4v) is 4.49. The van der Waals surface area contributed by atoms with E-state index in [1.54, 1.807) is 11.3 Å². The van der Waals surface area contributed by atoms with Crippen molar-refractivity contribution in [3.63, 3.8) is 0 Å². The Morgan fingerprint density at radius 1 is 1.26 bits per heavy atom. The van der Waals surface area contributed by atoms with Crippen LogP contribution in [-0.4, -0.2) is 30.6 Å². The van der Waals surface area contributed by atoms with Gasteiger partial charge in [0.2, 0.25) is 0 Å². The lowest BCUT2D eigenvalue weighted by Gasteiger charge is -2.25. The van der Waals surface area contributed by atoms with Gasteiger partial charge in [0.15, 0.2) is 0 Å². The molecule has 23 heavy (non-hydrogen) atoms. The zero-order valence-corrected chi connectivity index (χ0v) is 13.8. The third-order valence-electron chi connectivity index (χ3n) is 4.33. The highest BCUT2D eigenvalue weighted by molar-refractivity contribution is 7.16. The Bertz CT molecular complexity index is 766. The molecule has 2 N–H and O–H groups in total. The van der Waals surface area contributed by atoms with Gasteiger partial charge >= 0.3 is 0 Å². The van der Waals surface area contributed by atoms with Gasteiger partial charge in [-0.2, -0.15) is 0 Å². The summed E-state index contributed by atoms with van der Waals surface area (Å²) in [6.45, 7) is 1.95. The summed E-state index contributed by atoms with van der Waals surface area (Å²) in [5.74, 6) is 0.0449. The summed E-state index contributed by atoms with van der Waals surface area (Å²) < 4.78 is 0. The van der Waals surface area contributed by atoms with Crippen LogP contribution in [0.2, 0.25) is 0 Å². The first-order chi connectivity index (χ1) is 11.2. The molecule has 0 saturated heterocycles. The molecule has 1 amide bonds. The number of fused-ring (bicyclic) bond motifs is 3. The number of hydrogen-bond acceptors (Lipinski definition) is 4. The first-order valence-corrected chi connectivity index (χ1v) is 8.66. The Morgan fingerprint density at radius 2 is 2.09 bits per heavy atom. The first kappa shape index (κ1) is 14.5. The van der Waals surface area contributed by atoms with E-state index >= 15 is 0 Å². The van der Waals surface area contributed by atoms with Crippen molar-refractivity contribution in [2.75, 3.05) is 18.9 Å². The average molecular weight is 325 g/mol. The van der Waals surface area contributed by atoms with Crippen LogP contribution in [-0.2, 0) is 13.0 Å². The van der Waals surface area contributed by atoms with Crippen LogP contribution in [0.4, 0.5) is 5.00 Å². The fraction of sp³-hybridized carbons (Fsp3) is 0.278. The number of nitrogens with one attached hydrogen (secondary N) is 2. The lowest BCUT2D eigenvalue weighted by Crippen LogP contribution is -2.43. The SMILES string of the molecule is CN1CCc2c(sc3c2C(=O)N[C@@H](/C=C/c2ccccc2)N3)C1. The van der Waals surface area contributed by atoms with Crippen molar-refractivity contribution in [3.05, 3.63) is 58.0 Å². The minimum atomic E-state index is -0.159. The van der Waals surface area contributed by atoms with E-state index in [1.807, 2.05) is 42.5 Å². The van der Waals surface area contributed by atoms with Crippen LogP contribution < -0.4 is 10.6 Å². The van der Waals surface area contributed by atoms with Crippen molar-refractivity contribution in [1.82, 2.24) is 10.2 Å². The highest BCUT2D eigenvalue weighted by Crippen LogP contribution is 2.38. The second-order valence-electron chi connectivity index (χ2n) is 6.06. The summed E-state index contributed by atoms with van der Waals surface area (Å²) in [7, 11) is 2.13. The molecule has 1 aromatic carbocycles. The van der Waals surface area contributed by atoms with Gasteiger partial charge in [0.05, 0.1) is 5.56 Å². The number of hydrogen-bond donors (Lipinski definition) is 2. The molecule has 118 valence electrons. The highest BCUT2D eigenvalue weighted by atomic mass is 32.1. The first-order valence-electron chi connectivity index (χ1n) is 7.84. The van der Waals surface area contributed by atoms with Gasteiger partial charge in [0.25, 0.3) is 5.91 Å². The molecular weight excluding hydrogens is 306 g/mol. The van der Waals surface area contributed by atoms with Crippen molar-refractivity contribution < 1.29 is 4.79 Å². The topological polar surface area (TPSA) is 44.4 Å². The molecule has 2 aromatic rings. The van der Waals surface area contributed by atoms with E-state index in [2.05, 4.69) is 22.6 Å². The molecule has 4 nitrogen and oxygen atoms in total. The molecule has 0 spiro atoms. The van der Waals surface area contributed by atoms with Crippen molar-refractivity contribution in [2.45, 2.75) is 19.1 Å². The van der Waals surface area contributed by atoms with Crippen LogP contribution in [0.1, 0.15) is 26.4 Å². The zero-order chi connectivity index (χ0) is 15.8. The van der Waals surface area contributed by atoms with Gasteiger partial charge in [-0.05, 0) is 30.7 Å². The third-order valence-corrected chi connectivity index (χ3v) is 5.48. The van der Waals surface area contributed by atoms with E-state index in [9.17, 15) is 4.79 Å². The normalized spacial score (nSPS) is 20.7. The van der Waals surface area contributed by atoms with Gasteiger partial charge < -0.3 is 15.5 Å². The zero-order valence-electron chi connectivity index (χ0n) is 13.0. The van der Waals surface area contributed by atoms with E-state index in [0.717, 1.165) is 35.6 Å². The van der Waals surface area contributed by atoms with Gasteiger partial charge in [-0.15, -0.1) is 11.3 Å². The monoisotopic (exact) mass is 325 g/mol. The predicted molar refractivity (Wildman–Crippen MR) is 94.7 cm³/mol. The minimum absolute atomic E-state index is 0.0449. The maximum absolute atomic E-state index is 12.5. The Balaban J connectivity index is 1.58. The Hall–Kier alpha value is -2.11. The maximum atomic E-state index is 12.5. The molecule has 0 aliphatic carbocycles. The largest absolute Gasteiger partial charge is 0.353 e. The molecule has 0 saturated carbocycles. The van der Waals surface area contributed by atoms with Crippen LogP contribution in [0.5, 0.6) is 0 Å². The lowest BCUT2D eigenvalue weighted by molar-refractivity contribution is 0.0942. The van der Waals surface area contributed by atoms with Crippen molar-refractivity contribution in [2.24, 2.45) is 0 Å². The van der Waals surface area contributed by atoms with E-state index in [1.165, 1.54) is 10.4 Å². The third kappa shape index (κ3) is 2.78. The molecule has 2 aliphatic heterocycles. The molecule has 0 bridgehead atoms. The molecule has 5 heteroatoms. The summed E-state index contributed by atoms with van der Waals surface area (Å²) in [6.07, 6.45) is 4.83. The van der Waals surface area contributed by atoms with Gasteiger partial charge in [-0.25, -0.2) is 0 Å². The van der Waals surface area contributed by atoms with Crippen LogP contribution >= 0.6 is 11.3 Å². The van der Waals surface area contributed by atoms with Gasteiger partial charge in [-0.1, -0.05) is 36.4 Å². The molecular formula is C18H19N3OS. The summed E-state index contributed by atoms with van der Waals surface area (Å²) in [6, 6.07) is 10.1. The van der Waals surface area contributed by atoms with Crippen LogP contribution in [0, 0.1) is 0 Å². The van der Waals surface area contributed by atoms with Crippen molar-refractivity contribution in [1.29, 1.82) is 0 Å². The molecule has 3 heterocycles. The van der Waals surface area contributed by atoms with Crippen LogP contribution in [0.15, 0.2) is 36.4 Å². The van der Waals surface area contributed by atoms with E-state index < -0.39 is 0 Å². The molecule has 1 aromatic heterocycles. The Labute approximate surface area is 139 Å². The van der Waals surface area contributed by atoms with Crippen LogP contribution in [0.25, 0.3) is 6.08 Å². The van der Waals surface area contributed by atoms with Gasteiger partial charge in [-0.3, -0.25) is 4.79 Å². The maximum Gasteiger partial charge on any atom is 0.256 e. The number of rotatable bonds is 2. The Morgan fingerprint density at radius 3 is 2.91 bits per heavy atom. The number of amides is 1. The van der Waals surface area contributed by atoms with E-state index in [0.29, 0.717) is 0 Å². The average Bonchev–Trinajstić information content (AvgIpc) is 2.91. The predicted octanol–water partition coefficient (Wildman–Crippen LogP) is 2.93. The van der Waals surface area contributed by atoms with Crippen LogP contribution in [0.3, 0.4) is 0 Å². The van der Waals surface area contributed by atoms with Crippen molar-refractivity contribution in [3.8, 4) is 0 Å². The number of thiophene rings is 1. The lowest BCUT2D eigenvalue weighted by atomic mass is 10.0. The van der Waals surface area contributed by atoms with Crippen molar-refractivity contribution >= 4 is 28.3 Å².